The molecule has 5 heteroatoms. The van der Waals surface area contributed by atoms with Crippen molar-refractivity contribution in [1.29, 1.82) is 0 Å². The Labute approximate surface area is 168 Å². The molecule has 0 amide bonds. The zero-order valence-corrected chi connectivity index (χ0v) is 15.9. The molecule has 0 fully saturated rings. The molecule has 0 saturated heterocycles. The van der Waals surface area contributed by atoms with Gasteiger partial charge in [-0.3, -0.25) is 10.1 Å². The van der Waals surface area contributed by atoms with Gasteiger partial charge in [0.1, 0.15) is 5.82 Å². The van der Waals surface area contributed by atoms with E-state index in [1.54, 1.807) is 24.3 Å². The van der Waals surface area contributed by atoms with Gasteiger partial charge in [0.25, 0.3) is 5.69 Å². The summed E-state index contributed by atoms with van der Waals surface area (Å²) >= 11 is 0. The molecule has 146 valence electrons. The van der Waals surface area contributed by atoms with E-state index in [0.29, 0.717) is 11.8 Å². The van der Waals surface area contributed by atoms with Crippen LogP contribution in [0.2, 0.25) is 0 Å². The number of nitro groups is 1. The van der Waals surface area contributed by atoms with Gasteiger partial charge in [0.15, 0.2) is 0 Å². The summed E-state index contributed by atoms with van der Waals surface area (Å²) in [6, 6.07) is 10.6. The van der Waals surface area contributed by atoms with Crippen LogP contribution in [0.15, 0.2) is 60.7 Å². The van der Waals surface area contributed by atoms with Crippen LogP contribution in [-0.2, 0) is 0 Å². The quantitative estimate of drug-likeness (QED) is 0.381. The largest absolute Gasteiger partial charge is 0.363 e. The van der Waals surface area contributed by atoms with Crippen LogP contribution < -0.4 is 4.90 Å². The fourth-order valence-electron chi connectivity index (χ4n) is 6.11. The van der Waals surface area contributed by atoms with Gasteiger partial charge in [-0.05, 0) is 53.5 Å². The van der Waals surface area contributed by atoms with Gasteiger partial charge in [0, 0.05) is 36.2 Å². The Bertz CT molecular complexity index is 1060. The summed E-state index contributed by atoms with van der Waals surface area (Å²) in [6.45, 7) is 0.939. The Hall–Kier alpha value is -2.95. The van der Waals surface area contributed by atoms with Crippen LogP contribution in [0.3, 0.4) is 0 Å². The Morgan fingerprint density at radius 1 is 1.00 bits per heavy atom. The maximum Gasteiger partial charge on any atom is 0.269 e. The number of allylic oxidation sites excluding steroid dienone is 4. The first kappa shape index (κ1) is 17.0. The van der Waals surface area contributed by atoms with Gasteiger partial charge in [-0.15, -0.1) is 0 Å². The van der Waals surface area contributed by atoms with Gasteiger partial charge in [-0.2, -0.15) is 0 Å². The van der Waals surface area contributed by atoms with Crippen molar-refractivity contribution in [2.24, 2.45) is 11.8 Å². The second kappa shape index (κ2) is 6.02. The summed E-state index contributed by atoms with van der Waals surface area (Å²) in [5, 5.41) is 11.1. The highest BCUT2D eigenvalue weighted by molar-refractivity contribution is 5.70. The summed E-state index contributed by atoms with van der Waals surface area (Å²) in [6.07, 6.45) is 10.9. The number of non-ortho nitro benzene ring substituents is 1. The normalized spacial score (nSPS) is 30.8. The van der Waals surface area contributed by atoms with E-state index < -0.39 is 0 Å². The van der Waals surface area contributed by atoms with Crippen LogP contribution in [0, 0.1) is 27.8 Å². The van der Waals surface area contributed by atoms with Gasteiger partial charge < -0.3 is 4.90 Å². The summed E-state index contributed by atoms with van der Waals surface area (Å²) < 4.78 is 14.6. The monoisotopic (exact) mass is 388 g/mol. The average molecular weight is 388 g/mol. The Balaban J connectivity index is 1.54. The van der Waals surface area contributed by atoms with Crippen molar-refractivity contribution in [3.8, 4) is 0 Å². The molecule has 2 heterocycles. The van der Waals surface area contributed by atoms with E-state index >= 15 is 0 Å². The SMILES string of the molecule is O=[N+]([O-])c1ccc([C@@H]2[C@H]3CC=C[C@@H]3c3cc(F)cc4c3N2C[C@H]2CC=C[C@H]42)cc1. The Morgan fingerprint density at radius 2 is 1.69 bits per heavy atom. The van der Waals surface area contributed by atoms with Crippen molar-refractivity contribution in [1.82, 2.24) is 0 Å². The van der Waals surface area contributed by atoms with Crippen molar-refractivity contribution in [3.63, 3.8) is 0 Å². The molecule has 29 heavy (non-hydrogen) atoms. The predicted octanol–water partition coefficient (Wildman–Crippen LogP) is 5.63. The van der Waals surface area contributed by atoms with Crippen LogP contribution in [0.1, 0.15) is 47.4 Å². The van der Waals surface area contributed by atoms with E-state index in [-0.39, 0.29) is 34.3 Å². The molecule has 0 aromatic heterocycles. The van der Waals surface area contributed by atoms with E-state index in [4.69, 9.17) is 0 Å². The lowest BCUT2D eigenvalue weighted by atomic mass is 9.70. The smallest absolute Gasteiger partial charge is 0.269 e. The minimum atomic E-state index is -0.351. The van der Waals surface area contributed by atoms with Crippen molar-refractivity contribution in [3.05, 3.63) is 93.3 Å². The molecule has 2 aromatic carbocycles. The number of hydrogen-bond acceptors (Lipinski definition) is 3. The number of rotatable bonds is 2. The van der Waals surface area contributed by atoms with Crippen LogP contribution in [-0.4, -0.2) is 11.5 Å². The van der Waals surface area contributed by atoms with Crippen LogP contribution in [0.4, 0.5) is 15.8 Å². The standard InChI is InChI=1S/C24H21FN2O2/c25-16-11-21-18-4-1-3-15(18)13-26-23(14-7-9-17(10-8-14)27(28)29)20-6-2-5-19(20)22(12-16)24(21)26/h1-2,4-5,7-12,15,18-20,23H,3,6,13H2/t15-,18+,19+,20+,23-/m1/s1. The molecule has 0 unspecified atom stereocenters. The number of anilines is 1. The van der Waals surface area contributed by atoms with E-state index in [1.165, 1.54) is 5.69 Å². The number of hydrogen-bond donors (Lipinski definition) is 0. The van der Waals surface area contributed by atoms with Crippen molar-refractivity contribution < 1.29 is 9.31 Å². The summed E-state index contributed by atoms with van der Waals surface area (Å²) in [4.78, 5) is 13.2. The van der Waals surface area contributed by atoms with Gasteiger partial charge in [0.2, 0.25) is 0 Å². The first-order valence-corrected chi connectivity index (χ1v) is 10.3. The second-order valence-electron chi connectivity index (χ2n) is 8.68. The molecule has 2 aromatic rings. The molecule has 2 aliphatic carbocycles. The maximum absolute atomic E-state index is 14.6. The second-order valence-corrected chi connectivity index (χ2v) is 8.68. The minimum Gasteiger partial charge on any atom is -0.363 e. The molecule has 4 nitrogen and oxygen atoms in total. The molecular formula is C24H21FN2O2. The summed E-state index contributed by atoms with van der Waals surface area (Å²) in [7, 11) is 0. The lowest BCUT2D eigenvalue weighted by Gasteiger charge is -2.51. The lowest BCUT2D eigenvalue weighted by molar-refractivity contribution is -0.384. The van der Waals surface area contributed by atoms with Crippen molar-refractivity contribution in [2.75, 3.05) is 11.4 Å². The molecule has 0 radical (unpaired) electrons. The van der Waals surface area contributed by atoms with Gasteiger partial charge in [-0.25, -0.2) is 4.39 Å². The fraction of sp³-hybridized carbons (Fsp3) is 0.333. The molecule has 0 saturated carbocycles. The Kier molecular flexibility index (Phi) is 3.52. The molecule has 0 bridgehead atoms. The highest BCUT2D eigenvalue weighted by Crippen LogP contribution is 2.58. The lowest BCUT2D eigenvalue weighted by Crippen LogP contribution is -2.46. The number of benzene rings is 2. The topological polar surface area (TPSA) is 46.4 Å². The third-order valence-corrected chi connectivity index (χ3v) is 7.26. The van der Waals surface area contributed by atoms with E-state index in [9.17, 15) is 14.5 Å². The first-order chi connectivity index (χ1) is 14.1. The number of fused-ring (bicyclic) bond motifs is 4. The van der Waals surface area contributed by atoms with E-state index in [0.717, 1.165) is 36.1 Å². The highest BCUT2D eigenvalue weighted by Gasteiger charge is 2.47. The Morgan fingerprint density at radius 3 is 2.45 bits per heavy atom. The molecular weight excluding hydrogens is 367 g/mol. The minimum absolute atomic E-state index is 0.118. The molecule has 5 atom stereocenters. The fourth-order valence-corrected chi connectivity index (χ4v) is 6.11. The zero-order valence-electron chi connectivity index (χ0n) is 15.9. The van der Waals surface area contributed by atoms with Gasteiger partial charge in [0.05, 0.1) is 11.0 Å². The molecule has 0 N–H and O–H groups in total. The number of halogens is 1. The number of nitrogens with zero attached hydrogens (tertiary/aromatic N) is 2. The molecule has 0 spiro atoms. The molecule has 6 rings (SSSR count). The highest BCUT2D eigenvalue weighted by atomic mass is 19.1. The molecule has 2 aliphatic heterocycles. The van der Waals surface area contributed by atoms with E-state index in [1.807, 2.05) is 12.1 Å². The van der Waals surface area contributed by atoms with Crippen LogP contribution >= 0.6 is 0 Å². The van der Waals surface area contributed by atoms with Gasteiger partial charge >= 0.3 is 0 Å². The average Bonchev–Trinajstić information content (AvgIpc) is 3.37. The number of nitro benzene ring substituents is 1. The van der Waals surface area contributed by atoms with E-state index in [2.05, 4.69) is 29.2 Å². The third kappa shape index (κ3) is 2.36. The third-order valence-electron chi connectivity index (χ3n) is 7.26. The maximum atomic E-state index is 14.6. The van der Waals surface area contributed by atoms with Crippen molar-refractivity contribution >= 4 is 11.4 Å². The molecule has 4 aliphatic rings. The predicted molar refractivity (Wildman–Crippen MR) is 110 cm³/mol. The van der Waals surface area contributed by atoms with Crippen LogP contribution in [0.25, 0.3) is 0 Å². The van der Waals surface area contributed by atoms with Crippen molar-refractivity contribution in [2.45, 2.75) is 30.7 Å². The summed E-state index contributed by atoms with van der Waals surface area (Å²) in [5.41, 5.74) is 4.63. The van der Waals surface area contributed by atoms with Gasteiger partial charge in [-0.1, -0.05) is 36.4 Å². The first-order valence-electron chi connectivity index (χ1n) is 10.3. The zero-order chi connectivity index (χ0) is 19.7. The van der Waals surface area contributed by atoms with Crippen LogP contribution in [0.5, 0.6) is 0 Å². The summed E-state index contributed by atoms with van der Waals surface area (Å²) in [5.74, 6) is 1.12.